The van der Waals surface area contributed by atoms with Gasteiger partial charge in [-0.25, -0.2) is 0 Å². The van der Waals surface area contributed by atoms with Crippen molar-refractivity contribution in [2.45, 2.75) is 32.8 Å². The number of hydrogen-bond acceptors (Lipinski definition) is 3. The fourth-order valence-electron chi connectivity index (χ4n) is 2.38. The van der Waals surface area contributed by atoms with E-state index in [9.17, 15) is 4.79 Å². The van der Waals surface area contributed by atoms with Gasteiger partial charge in [-0.15, -0.1) is 0 Å². The Hall–Kier alpha value is -2.29. The molecule has 0 heterocycles. The lowest BCUT2D eigenvalue weighted by atomic mass is 10.1. The van der Waals surface area contributed by atoms with E-state index in [0.717, 1.165) is 5.75 Å². The molecule has 0 aromatic heterocycles. The molecule has 0 saturated heterocycles. The second-order valence-corrected chi connectivity index (χ2v) is 5.25. The van der Waals surface area contributed by atoms with Gasteiger partial charge < -0.3 is 9.47 Å². The molecule has 2 aromatic rings. The quantitative estimate of drug-likeness (QED) is 0.805. The Morgan fingerprint density at radius 2 is 1.73 bits per heavy atom. The van der Waals surface area contributed by atoms with Gasteiger partial charge in [0.25, 0.3) is 0 Å². The van der Waals surface area contributed by atoms with Crippen LogP contribution < -0.4 is 4.74 Å². The number of carbonyl (C=O) groups excluding carboxylic acids is 1. The molecule has 0 radical (unpaired) electrons. The van der Waals surface area contributed by atoms with Gasteiger partial charge in [0.1, 0.15) is 12.4 Å². The van der Waals surface area contributed by atoms with Crippen molar-refractivity contribution in [3.05, 3.63) is 65.2 Å². The van der Waals surface area contributed by atoms with Crippen LogP contribution >= 0.6 is 0 Å². The number of rotatable bonds is 3. The van der Waals surface area contributed by atoms with Gasteiger partial charge in [0.05, 0.1) is 7.11 Å². The third-order valence-corrected chi connectivity index (χ3v) is 3.61. The van der Waals surface area contributed by atoms with Crippen molar-refractivity contribution in [2.75, 3.05) is 7.11 Å². The van der Waals surface area contributed by atoms with Gasteiger partial charge in [-0.1, -0.05) is 36.4 Å². The zero-order valence-corrected chi connectivity index (χ0v) is 13.2. The highest BCUT2D eigenvalue weighted by Crippen LogP contribution is 2.26. The summed E-state index contributed by atoms with van der Waals surface area (Å²) in [5.74, 6) is 0.750. The monoisotopic (exact) mass is 298 g/mol. The first kappa shape index (κ1) is 16.1. The van der Waals surface area contributed by atoms with Crippen molar-refractivity contribution in [2.24, 2.45) is 0 Å². The first-order valence-corrected chi connectivity index (χ1v) is 7.52. The lowest BCUT2D eigenvalue weighted by Gasteiger charge is -2.08. The van der Waals surface area contributed by atoms with E-state index in [-0.39, 0.29) is 5.97 Å². The first-order valence-electron chi connectivity index (χ1n) is 7.52. The molecular weight excluding hydrogens is 276 g/mol. The molecule has 0 unspecified atom stereocenters. The molecule has 0 spiro atoms. The normalized spacial score (nSPS) is 11.9. The smallest absolute Gasteiger partial charge is 0.302 e. The Bertz CT molecular complexity index is 605. The molecular formula is C19H22O3. The molecule has 1 aliphatic rings. The van der Waals surface area contributed by atoms with Crippen LogP contribution in [0, 0.1) is 0 Å². The molecule has 2 aromatic carbocycles. The average Bonchev–Trinajstić information content (AvgIpc) is 3.02. The second kappa shape index (κ2) is 8.23. The van der Waals surface area contributed by atoms with Crippen LogP contribution in [0.3, 0.4) is 0 Å². The van der Waals surface area contributed by atoms with Crippen LogP contribution in [0.4, 0.5) is 0 Å². The third-order valence-electron chi connectivity index (χ3n) is 3.61. The summed E-state index contributed by atoms with van der Waals surface area (Å²) in [5.41, 5.74) is 4.18. The molecule has 0 amide bonds. The van der Waals surface area contributed by atoms with E-state index in [1.807, 2.05) is 18.2 Å². The highest BCUT2D eigenvalue weighted by atomic mass is 16.5. The minimum atomic E-state index is -0.245. The van der Waals surface area contributed by atoms with E-state index in [2.05, 4.69) is 35.1 Å². The molecule has 22 heavy (non-hydrogen) atoms. The number of benzene rings is 2. The van der Waals surface area contributed by atoms with Crippen LogP contribution in [-0.4, -0.2) is 13.1 Å². The molecule has 1 aliphatic carbocycles. The molecule has 3 heteroatoms. The molecule has 0 bridgehead atoms. The lowest BCUT2D eigenvalue weighted by molar-refractivity contribution is -0.137. The van der Waals surface area contributed by atoms with Crippen LogP contribution in [0.5, 0.6) is 5.75 Å². The van der Waals surface area contributed by atoms with Crippen molar-refractivity contribution < 1.29 is 14.3 Å². The number of ether oxygens (including phenoxy) is 2. The van der Waals surface area contributed by atoms with Crippen molar-refractivity contribution in [3.8, 4) is 5.75 Å². The highest BCUT2D eigenvalue weighted by molar-refractivity contribution is 5.65. The molecule has 3 nitrogen and oxygen atoms in total. The fourth-order valence-corrected chi connectivity index (χ4v) is 2.38. The highest BCUT2D eigenvalue weighted by Gasteiger charge is 2.10. The van der Waals surface area contributed by atoms with Crippen LogP contribution in [0.25, 0.3) is 0 Å². The van der Waals surface area contributed by atoms with Gasteiger partial charge in [-0.3, -0.25) is 4.79 Å². The van der Waals surface area contributed by atoms with Crippen LogP contribution in [-0.2, 0) is 29.0 Å². The summed E-state index contributed by atoms with van der Waals surface area (Å²) in [4.78, 5) is 9.59. The Morgan fingerprint density at radius 1 is 1.05 bits per heavy atom. The largest absolute Gasteiger partial charge is 0.489 e. The maximum Gasteiger partial charge on any atom is 0.302 e. The summed E-state index contributed by atoms with van der Waals surface area (Å²) < 4.78 is 9.93. The molecule has 0 atom stereocenters. The van der Waals surface area contributed by atoms with Crippen LogP contribution in [0.1, 0.15) is 30.0 Å². The lowest BCUT2D eigenvalue weighted by Crippen LogP contribution is -1.95. The number of aryl methyl sites for hydroxylation is 2. The average molecular weight is 298 g/mol. The zero-order chi connectivity index (χ0) is 15.8. The summed E-state index contributed by atoms with van der Waals surface area (Å²) in [6, 6.07) is 16.8. The van der Waals surface area contributed by atoms with E-state index < -0.39 is 0 Å². The van der Waals surface area contributed by atoms with E-state index >= 15 is 0 Å². The predicted molar refractivity (Wildman–Crippen MR) is 86.9 cm³/mol. The summed E-state index contributed by atoms with van der Waals surface area (Å²) in [5, 5.41) is 0. The third kappa shape index (κ3) is 4.92. The standard InChI is InChI=1S/C16H16O.C3H6O2/c1-2-5-13(6-3-1)12-17-16-10-9-14-7-4-8-15(14)11-16;1-3(4)5-2/h1-3,5-6,9-11H,4,7-8,12H2;1-2H3. The van der Waals surface area contributed by atoms with Crippen LogP contribution in [0.15, 0.2) is 48.5 Å². The Kier molecular flexibility index (Phi) is 6.01. The maximum atomic E-state index is 9.59. The van der Waals surface area contributed by atoms with Crippen molar-refractivity contribution in [3.63, 3.8) is 0 Å². The number of esters is 1. The van der Waals surface area contributed by atoms with Gasteiger partial charge in [0.15, 0.2) is 0 Å². The number of hydrogen-bond donors (Lipinski definition) is 0. The summed E-state index contributed by atoms with van der Waals surface area (Å²) in [7, 11) is 1.35. The van der Waals surface area contributed by atoms with Crippen molar-refractivity contribution in [1.82, 2.24) is 0 Å². The fraction of sp³-hybridized carbons (Fsp3) is 0.316. The van der Waals surface area contributed by atoms with Gasteiger partial charge in [0, 0.05) is 6.92 Å². The molecule has 116 valence electrons. The minimum Gasteiger partial charge on any atom is -0.489 e. The van der Waals surface area contributed by atoms with E-state index in [1.54, 1.807) is 0 Å². The number of carbonyl (C=O) groups is 1. The predicted octanol–water partition coefficient (Wildman–Crippen LogP) is 3.93. The molecule has 3 rings (SSSR count). The van der Waals surface area contributed by atoms with E-state index in [0.29, 0.717) is 6.61 Å². The summed E-state index contributed by atoms with van der Waals surface area (Å²) in [6.07, 6.45) is 3.73. The summed E-state index contributed by atoms with van der Waals surface area (Å²) >= 11 is 0. The Balaban J connectivity index is 0.000000309. The van der Waals surface area contributed by atoms with Gasteiger partial charge in [-0.05, 0) is 48.1 Å². The Labute approximate surface area is 131 Å². The summed E-state index contributed by atoms with van der Waals surface area (Å²) in [6.45, 7) is 2.01. The molecule has 0 N–H and O–H groups in total. The first-order chi connectivity index (χ1) is 10.7. The van der Waals surface area contributed by atoms with Gasteiger partial charge in [-0.2, -0.15) is 0 Å². The maximum absolute atomic E-state index is 9.59. The Morgan fingerprint density at radius 3 is 2.41 bits per heavy atom. The van der Waals surface area contributed by atoms with Crippen molar-refractivity contribution in [1.29, 1.82) is 0 Å². The molecule has 0 fully saturated rings. The van der Waals surface area contributed by atoms with E-state index in [4.69, 9.17) is 4.74 Å². The van der Waals surface area contributed by atoms with E-state index in [1.165, 1.54) is 50.0 Å². The van der Waals surface area contributed by atoms with Gasteiger partial charge >= 0.3 is 5.97 Å². The van der Waals surface area contributed by atoms with Gasteiger partial charge in [0.2, 0.25) is 0 Å². The minimum absolute atomic E-state index is 0.245. The van der Waals surface area contributed by atoms with Crippen molar-refractivity contribution >= 4 is 5.97 Å². The number of fused-ring (bicyclic) bond motifs is 1. The molecule has 0 aliphatic heterocycles. The zero-order valence-electron chi connectivity index (χ0n) is 13.2. The van der Waals surface area contributed by atoms with Crippen LogP contribution in [0.2, 0.25) is 0 Å². The topological polar surface area (TPSA) is 35.5 Å². The SMILES string of the molecule is COC(C)=O.c1ccc(COc2ccc3c(c2)CCC3)cc1. The molecule has 0 saturated carbocycles. The number of methoxy groups -OCH3 is 1. The second-order valence-electron chi connectivity index (χ2n) is 5.25.